The average Bonchev–Trinajstić information content (AvgIpc) is 3.05. The maximum Gasteiger partial charge on any atom is 0.128 e. The number of imidazole rings is 1. The van der Waals surface area contributed by atoms with Gasteiger partial charge in [-0.2, -0.15) is 0 Å². The molecule has 0 aromatic carbocycles. The highest BCUT2D eigenvalue weighted by atomic mass is 35.5. The fourth-order valence-electron chi connectivity index (χ4n) is 2.16. The van der Waals surface area contributed by atoms with Crippen molar-refractivity contribution >= 4 is 22.9 Å². The monoisotopic (exact) mass is 298 g/mol. The molecule has 1 fully saturated rings. The lowest BCUT2D eigenvalue weighted by Crippen LogP contribution is -2.38. The molecular formula is C12H15ClN4OS. The normalized spacial score (nSPS) is 20.8. The van der Waals surface area contributed by atoms with Crippen molar-refractivity contribution in [2.24, 2.45) is 7.05 Å². The van der Waals surface area contributed by atoms with Crippen LogP contribution in [0.2, 0.25) is 5.15 Å². The van der Waals surface area contributed by atoms with E-state index in [4.69, 9.17) is 16.3 Å². The highest BCUT2D eigenvalue weighted by Gasteiger charge is 2.24. The predicted octanol–water partition coefficient (Wildman–Crippen LogP) is 2.10. The van der Waals surface area contributed by atoms with Crippen LogP contribution in [-0.4, -0.2) is 39.1 Å². The van der Waals surface area contributed by atoms with Gasteiger partial charge >= 0.3 is 0 Å². The predicted molar refractivity (Wildman–Crippen MR) is 74.3 cm³/mol. The van der Waals surface area contributed by atoms with Gasteiger partial charge in [-0.05, 0) is 0 Å². The Balaban J connectivity index is 1.67. The summed E-state index contributed by atoms with van der Waals surface area (Å²) >= 11 is 7.65. The van der Waals surface area contributed by atoms with Crippen molar-refractivity contribution in [1.29, 1.82) is 0 Å². The van der Waals surface area contributed by atoms with Gasteiger partial charge in [-0.15, -0.1) is 11.3 Å². The maximum atomic E-state index is 6.01. The van der Waals surface area contributed by atoms with E-state index in [9.17, 15) is 0 Å². The summed E-state index contributed by atoms with van der Waals surface area (Å²) in [6, 6.07) is 0. The van der Waals surface area contributed by atoms with Crippen LogP contribution in [0, 0.1) is 0 Å². The molecule has 1 saturated heterocycles. The Morgan fingerprint density at radius 3 is 3.11 bits per heavy atom. The van der Waals surface area contributed by atoms with Gasteiger partial charge in [0.05, 0.1) is 19.3 Å². The van der Waals surface area contributed by atoms with E-state index in [1.165, 1.54) is 0 Å². The van der Waals surface area contributed by atoms with E-state index in [1.54, 1.807) is 17.5 Å². The van der Waals surface area contributed by atoms with Crippen LogP contribution in [0.25, 0.3) is 0 Å². The van der Waals surface area contributed by atoms with Gasteiger partial charge in [0.1, 0.15) is 22.1 Å². The van der Waals surface area contributed by atoms with Crippen molar-refractivity contribution in [3.63, 3.8) is 0 Å². The highest BCUT2D eigenvalue weighted by Crippen LogP contribution is 2.24. The Hall–Kier alpha value is -0.950. The molecule has 1 unspecified atom stereocenters. The maximum absolute atomic E-state index is 6.01. The van der Waals surface area contributed by atoms with Crippen molar-refractivity contribution in [2.75, 3.05) is 19.7 Å². The SMILES string of the molecule is Cn1c(Cl)cnc1CN1CCOC(c2nccs2)C1. The number of aromatic nitrogens is 3. The third-order valence-corrected chi connectivity index (χ3v) is 4.49. The topological polar surface area (TPSA) is 43.2 Å². The number of hydrogen-bond acceptors (Lipinski definition) is 5. The van der Waals surface area contributed by atoms with E-state index in [2.05, 4.69) is 14.9 Å². The molecule has 3 rings (SSSR count). The van der Waals surface area contributed by atoms with Gasteiger partial charge in [-0.25, -0.2) is 9.97 Å². The molecule has 3 heterocycles. The van der Waals surface area contributed by atoms with E-state index < -0.39 is 0 Å². The highest BCUT2D eigenvalue weighted by molar-refractivity contribution is 7.09. The van der Waals surface area contributed by atoms with E-state index in [0.29, 0.717) is 5.15 Å². The Morgan fingerprint density at radius 2 is 2.42 bits per heavy atom. The summed E-state index contributed by atoms with van der Waals surface area (Å²) in [4.78, 5) is 11.0. The molecule has 0 amide bonds. The molecular weight excluding hydrogens is 284 g/mol. The number of hydrogen-bond donors (Lipinski definition) is 0. The third kappa shape index (κ3) is 2.81. The molecule has 0 aliphatic carbocycles. The first kappa shape index (κ1) is 13.1. The summed E-state index contributed by atoms with van der Waals surface area (Å²) in [7, 11) is 1.93. The molecule has 1 aliphatic rings. The van der Waals surface area contributed by atoms with Gasteiger partial charge in [-0.3, -0.25) is 4.90 Å². The zero-order valence-electron chi connectivity index (χ0n) is 10.6. The molecule has 7 heteroatoms. The van der Waals surface area contributed by atoms with Gasteiger partial charge in [0.2, 0.25) is 0 Å². The summed E-state index contributed by atoms with van der Waals surface area (Å²) in [5.41, 5.74) is 0. The Labute approximate surface area is 120 Å². The minimum Gasteiger partial charge on any atom is -0.368 e. The second kappa shape index (κ2) is 5.58. The Bertz CT molecular complexity index is 542. The van der Waals surface area contributed by atoms with E-state index in [-0.39, 0.29) is 6.10 Å². The molecule has 0 radical (unpaired) electrons. The lowest BCUT2D eigenvalue weighted by molar-refractivity contribution is -0.0339. The van der Waals surface area contributed by atoms with Crippen LogP contribution in [-0.2, 0) is 18.3 Å². The van der Waals surface area contributed by atoms with Crippen molar-refractivity contribution in [1.82, 2.24) is 19.4 Å². The standard InChI is InChI=1S/C12H15ClN4OS/c1-16-10(13)6-15-11(16)8-17-3-4-18-9(7-17)12-14-2-5-19-12/h2,5-6,9H,3-4,7-8H2,1H3. The molecule has 2 aromatic rings. The van der Waals surface area contributed by atoms with E-state index >= 15 is 0 Å². The lowest BCUT2D eigenvalue weighted by Gasteiger charge is -2.31. The van der Waals surface area contributed by atoms with Crippen LogP contribution in [0.3, 0.4) is 0 Å². The Morgan fingerprint density at radius 1 is 1.53 bits per heavy atom. The van der Waals surface area contributed by atoms with E-state index in [0.717, 1.165) is 37.1 Å². The number of thiazole rings is 1. The average molecular weight is 299 g/mol. The van der Waals surface area contributed by atoms with Gasteiger partial charge in [0, 0.05) is 31.7 Å². The molecule has 19 heavy (non-hydrogen) atoms. The van der Waals surface area contributed by atoms with Gasteiger partial charge in [0.15, 0.2) is 0 Å². The van der Waals surface area contributed by atoms with E-state index in [1.807, 2.05) is 23.2 Å². The van der Waals surface area contributed by atoms with Crippen LogP contribution in [0.1, 0.15) is 16.9 Å². The van der Waals surface area contributed by atoms with Gasteiger partial charge < -0.3 is 9.30 Å². The first-order valence-corrected chi connectivity index (χ1v) is 7.39. The number of ether oxygens (including phenoxy) is 1. The van der Waals surface area contributed by atoms with Crippen LogP contribution in [0.4, 0.5) is 0 Å². The largest absolute Gasteiger partial charge is 0.368 e. The summed E-state index contributed by atoms with van der Waals surface area (Å²) < 4.78 is 7.69. The first-order valence-electron chi connectivity index (χ1n) is 6.13. The zero-order chi connectivity index (χ0) is 13.2. The smallest absolute Gasteiger partial charge is 0.128 e. The third-order valence-electron chi connectivity index (χ3n) is 3.27. The van der Waals surface area contributed by atoms with Crippen LogP contribution >= 0.6 is 22.9 Å². The fraction of sp³-hybridized carbons (Fsp3) is 0.500. The molecule has 1 aliphatic heterocycles. The minimum atomic E-state index is 0.0736. The lowest BCUT2D eigenvalue weighted by atomic mass is 10.3. The molecule has 1 atom stereocenters. The van der Waals surface area contributed by atoms with Crippen molar-refractivity contribution in [3.05, 3.63) is 33.8 Å². The molecule has 2 aromatic heterocycles. The number of nitrogens with zero attached hydrogens (tertiary/aromatic N) is 4. The Kier molecular flexibility index (Phi) is 3.83. The fourth-order valence-corrected chi connectivity index (χ4v) is 2.98. The first-order chi connectivity index (χ1) is 9.24. The zero-order valence-corrected chi connectivity index (χ0v) is 12.2. The molecule has 0 saturated carbocycles. The second-order valence-corrected chi connectivity index (χ2v) is 5.83. The van der Waals surface area contributed by atoms with Gasteiger partial charge in [-0.1, -0.05) is 11.6 Å². The van der Waals surface area contributed by atoms with Crippen LogP contribution in [0.5, 0.6) is 0 Å². The molecule has 0 N–H and O–H groups in total. The molecule has 0 bridgehead atoms. The summed E-state index contributed by atoms with van der Waals surface area (Å²) in [6.45, 7) is 3.27. The summed E-state index contributed by atoms with van der Waals surface area (Å²) in [6.07, 6.45) is 3.58. The second-order valence-electron chi connectivity index (χ2n) is 4.52. The molecule has 0 spiro atoms. The van der Waals surface area contributed by atoms with Crippen molar-refractivity contribution < 1.29 is 4.74 Å². The van der Waals surface area contributed by atoms with Gasteiger partial charge in [0.25, 0.3) is 0 Å². The number of morpholine rings is 1. The van der Waals surface area contributed by atoms with Crippen molar-refractivity contribution in [2.45, 2.75) is 12.6 Å². The van der Waals surface area contributed by atoms with Crippen molar-refractivity contribution in [3.8, 4) is 0 Å². The molecule has 102 valence electrons. The summed E-state index contributed by atoms with van der Waals surface area (Å²) in [5, 5.41) is 3.69. The number of rotatable bonds is 3. The molecule has 5 nitrogen and oxygen atoms in total. The van der Waals surface area contributed by atoms with Crippen LogP contribution in [0.15, 0.2) is 17.8 Å². The minimum absolute atomic E-state index is 0.0736. The quantitative estimate of drug-likeness (QED) is 0.870. The number of halogens is 1. The summed E-state index contributed by atoms with van der Waals surface area (Å²) in [5.74, 6) is 0.977. The van der Waals surface area contributed by atoms with Crippen LogP contribution < -0.4 is 0 Å².